The molecule has 0 aliphatic carbocycles. The van der Waals surface area contributed by atoms with Gasteiger partial charge < -0.3 is 40.3 Å². The summed E-state index contributed by atoms with van der Waals surface area (Å²) in [6.45, 7) is 3.81. The van der Waals surface area contributed by atoms with Crippen LogP contribution in [-0.4, -0.2) is 87.5 Å². The second-order valence-corrected chi connectivity index (χ2v) is 27.9. The molecule has 0 aromatic heterocycles. The lowest BCUT2D eigenvalue weighted by Crippen LogP contribution is -2.60. The maximum Gasteiger partial charge on any atom is 0.220 e. The van der Waals surface area contributed by atoms with Crippen LogP contribution >= 0.6 is 0 Å². The van der Waals surface area contributed by atoms with E-state index in [1.54, 1.807) is 6.08 Å². The van der Waals surface area contributed by atoms with Gasteiger partial charge in [0.25, 0.3) is 0 Å². The van der Waals surface area contributed by atoms with E-state index in [9.17, 15) is 30.3 Å². The Kier molecular flexibility index (Phi) is 67.5. The van der Waals surface area contributed by atoms with Gasteiger partial charge in [-0.25, -0.2) is 0 Å². The molecule has 0 spiro atoms. The molecule has 534 valence electrons. The number of hydrogen-bond acceptors (Lipinski definition) is 8. The molecule has 0 aromatic carbocycles. The molecule has 0 radical (unpaired) electrons. The molecule has 1 heterocycles. The molecule has 7 unspecified atom stereocenters. The molecule has 6 N–H and O–H groups in total. The minimum Gasteiger partial charge on any atom is -0.394 e. The van der Waals surface area contributed by atoms with Crippen molar-refractivity contribution in [2.24, 2.45) is 0 Å². The first-order valence-corrected chi connectivity index (χ1v) is 40.0. The largest absolute Gasteiger partial charge is 0.394 e. The Balaban J connectivity index is 2.09. The van der Waals surface area contributed by atoms with Gasteiger partial charge in [-0.15, -0.1) is 0 Å². The molecule has 0 bridgehead atoms. The van der Waals surface area contributed by atoms with Crippen molar-refractivity contribution in [3.8, 4) is 0 Å². The predicted octanol–water partition coefficient (Wildman–Crippen LogP) is 22.9. The lowest BCUT2D eigenvalue weighted by atomic mass is 9.99. The molecule has 1 aliphatic heterocycles. The number of ether oxygens (including phenoxy) is 2. The summed E-state index contributed by atoms with van der Waals surface area (Å²) in [6, 6.07) is -0.825. The Morgan fingerprint density at radius 3 is 1.00 bits per heavy atom. The van der Waals surface area contributed by atoms with Gasteiger partial charge in [-0.1, -0.05) is 383 Å². The lowest BCUT2D eigenvalue weighted by Gasteiger charge is -2.40. The highest BCUT2D eigenvalue weighted by molar-refractivity contribution is 5.76. The highest BCUT2D eigenvalue weighted by Crippen LogP contribution is 2.24. The van der Waals surface area contributed by atoms with Crippen LogP contribution in [0.3, 0.4) is 0 Å². The van der Waals surface area contributed by atoms with E-state index < -0.39 is 49.5 Å². The van der Waals surface area contributed by atoms with Crippen LogP contribution in [0.25, 0.3) is 0 Å². The molecule has 1 rings (SSSR count). The van der Waals surface area contributed by atoms with E-state index in [2.05, 4.69) is 67.8 Å². The Morgan fingerprint density at radius 2 is 0.659 bits per heavy atom. The SMILES string of the molecule is CCCCCCC/C=C\C/C=C\C/C=C\CCCCCCCCCCCCCCCCCCCCCCC(=O)NC(COC1OC(CO)C(O)C(O)C1O)C(O)/C=C/CC/C=C/CCCCCCCCCCCCCCCCCCCCCCCCCCCCC. The first-order chi connectivity index (χ1) is 44.8. The number of carbonyl (C=O) groups is 1. The molecular weight excluding hydrogens is 1130 g/mol. The van der Waals surface area contributed by atoms with Crippen molar-refractivity contribution in [3.63, 3.8) is 0 Å². The number of rotatable bonds is 71. The first-order valence-electron chi connectivity index (χ1n) is 40.0. The zero-order valence-electron chi connectivity index (χ0n) is 60.1. The zero-order valence-corrected chi connectivity index (χ0v) is 60.1. The van der Waals surface area contributed by atoms with Crippen molar-refractivity contribution in [1.82, 2.24) is 5.32 Å². The molecule has 1 saturated heterocycles. The van der Waals surface area contributed by atoms with Crippen LogP contribution in [-0.2, 0) is 14.3 Å². The van der Waals surface area contributed by atoms with E-state index in [1.165, 1.54) is 327 Å². The number of aliphatic hydroxyl groups is 5. The van der Waals surface area contributed by atoms with E-state index in [0.717, 1.165) is 51.4 Å². The van der Waals surface area contributed by atoms with E-state index in [-0.39, 0.29) is 12.5 Å². The summed E-state index contributed by atoms with van der Waals surface area (Å²) in [5, 5.41) is 54.9. The summed E-state index contributed by atoms with van der Waals surface area (Å²) in [7, 11) is 0. The number of carbonyl (C=O) groups excluding carboxylic acids is 1. The third-order valence-electron chi connectivity index (χ3n) is 19.1. The van der Waals surface area contributed by atoms with Gasteiger partial charge in [0.1, 0.15) is 24.4 Å². The molecule has 1 amide bonds. The molecule has 1 aliphatic rings. The fourth-order valence-corrected chi connectivity index (χ4v) is 12.8. The molecule has 91 heavy (non-hydrogen) atoms. The smallest absolute Gasteiger partial charge is 0.220 e. The Labute approximate surface area is 564 Å². The zero-order chi connectivity index (χ0) is 65.7. The van der Waals surface area contributed by atoms with Gasteiger partial charge in [-0.05, 0) is 70.6 Å². The molecule has 0 saturated carbocycles. The molecule has 1 fully saturated rings. The fraction of sp³-hybridized carbons (Fsp3) is 0.866. The molecule has 7 atom stereocenters. The minimum atomic E-state index is -1.57. The quantitative estimate of drug-likeness (QED) is 0.0261. The van der Waals surface area contributed by atoms with Crippen LogP contribution in [0.5, 0.6) is 0 Å². The summed E-state index contributed by atoms with van der Waals surface area (Å²) < 4.78 is 11.3. The third kappa shape index (κ3) is 58.9. The van der Waals surface area contributed by atoms with Crippen molar-refractivity contribution >= 4 is 5.91 Å². The lowest BCUT2D eigenvalue weighted by molar-refractivity contribution is -0.302. The van der Waals surface area contributed by atoms with Crippen molar-refractivity contribution in [1.29, 1.82) is 0 Å². The topological polar surface area (TPSA) is 149 Å². The van der Waals surface area contributed by atoms with Gasteiger partial charge >= 0.3 is 0 Å². The third-order valence-corrected chi connectivity index (χ3v) is 19.1. The summed E-state index contributed by atoms with van der Waals surface area (Å²) in [4.78, 5) is 13.2. The van der Waals surface area contributed by atoms with Crippen molar-refractivity contribution in [2.45, 2.75) is 442 Å². The second kappa shape index (κ2) is 70.7. The Hall–Kier alpha value is -2.11. The van der Waals surface area contributed by atoms with Gasteiger partial charge in [0.15, 0.2) is 6.29 Å². The van der Waals surface area contributed by atoms with Gasteiger partial charge in [-0.3, -0.25) is 4.79 Å². The molecule has 9 heteroatoms. The number of unbranched alkanes of at least 4 members (excludes halogenated alkanes) is 53. The number of nitrogens with one attached hydrogen (secondary N) is 1. The van der Waals surface area contributed by atoms with Crippen molar-refractivity contribution < 1.29 is 39.8 Å². The van der Waals surface area contributed by atoms with Crippen molar-refractivity contribution in [2.75, 3.05) is 13.2 Å². The van der Waals surface area contributed by atoms with E-state index in [4.69, 9.17) is 9.47 Å². The minimum absolute atomic E-state index is 0.180. The number of allylic oxidation sites excluding steroid dienone is 9. The maximum absolute atomic E-state index is 13.2. The van der Waals surface area contributed by atoms with Crippen LogP contribution in [0.2, 0.25) is 0 Å². The number of amides is 1. The predicted molar refractivity (Wildman–Crippen MR) is 392 cm³/mol. The molecule has 9 nitrogen and oxygen atoms in total. The van der Waals surface area contributed by atoms with Crippen LogP contribution in [0.15, 0.2) is 60.8 Å². The van der Waals surface area contributed by atoms with E-state index >= 15 is 0 Å². The highest BCUT2D eigenvalue weighted by Gasteiger charge is 2.44. The van der Waals surface area contributed by atoms with Gasteiger partial charge in [-0.2, -0.15) is 0 Å². The van der Waals surface area contributed by atoms with E-state index in [0.29, 0.717) is 6.42 Å². The Bertz CT molecular complexity index is 1630. The first kappa shape index (κ1) is 86.9. The summed E-state index contributed by atoms with van der Waals surface area (Å²) in [5.74, 6) is -0.180. The van der Waals surface area contributed by atoms with Gasteiger partial charge in [0, 0.05) is 6.42 Å². The van der Waals surface area contributed by atoms with Crippen LogP contribution in [0.1, 0.15) is 399 Å². The average Bonchev–Trinajstić information content (AvgIpc) is 1.58. The van der Waals surface area contributed by atoms with Crippen LogP contribution in [0, 0.1) is 0 Å². The maximum atomic E-state index is 13.2. The standard InChI is InChI=1S/C82H153NO8/c1-3-5-7-9-11-13-15-17-19-21-23-25-27-29-31-33-35-37-38-40-42-44-46-48-50-52-54-56-58-60-62-64-66-68-70-72-78(86)83-75(74-90-82-81(89)80(88)79(87)77(73-84)91-82)76(85)71-69-67-65-63-61-59-57-55-53-51-49-47-45-43-41-39-36-34-32-30-28-26-24-22-20-18-16-14-12-10-8-6-4-2/h15,17,21,23,27,29,61,63,69,71,75-77,79-82,84-85,87-89H,3-14,16,18-20,22,24-26,28,30-60,62,64-68,70,72-74H2,1-2H3,(H,83,86)/b17-15-,23-21-,29-27-,63-61+,71-69+. The normalized spacial score (nSPS) is 18.0. The van der Waals surface area contributed by atoms with Crippen LogP contribution in [0.4, 0.5) is 0 Å². The average molecular weight is 1280 g/mol. The fourth-order valence-electron chi connectivity index (χ4n) is 12.8. The summed E-state index contributed by atoms with van der Waals surface area (Å²) >= 11 is 0. The van der Waals surface area contributed by atoms with E-state index in [1.807, 2.05) is 6.08 Å². The Morgan fingerprint density at radius 1 is 0.374 bits per heavy atom. The summed E-state index contributed by atoms with van der Waals surface area (Å²) in [5.41, 5.74) is 0. The highest BCUT2D eigenvalue weighted by atomic mass is 16.7. The van der Waals surface area contributed by atoms with Crippen LogP contribution < -0.4 is 5.32 Å². The monoisotopic (exact) mass is 1280 g/mol. The molecular formula is C82H153NO8. The molecule has 0 aromatic rings. The van der Waals surface area contributed by atoms with Gasteiger partial charge in [0.05, 0.1) is 25.4 Å². The summed E-state index contributed by atoms with van der Waals surface area (Å²) in [6.07, 6.45) is 92.3. The van der Waals surface area contributed by atoms with Crippen molar-refractivity contribution in [3.05, 3.63) is 60.8 Å². The van der Waals surface area contributed by atoms with Gasteiger partial charge in [0.2, 0.25) is 5.91 Å². The second-order valence-electron chi connectivity index (χ2n) is 27.9. The number of aliphatic hydroxyl groups excluding tert-OH is 5. The number of hydrogen-bond donors (Lipinski definition) is 6.